The second-order valence-corrected chi connectivity index (χ2v) is 29.9. The topological polar surface area (TPSA) is 550 Å². The average Bonchev–Trinajstić information content (AvgIpc) is 0.916. The van der Waals surface area contributed by atoms with Gasteiger partial charge in [0.2, 0.25) is 0 Å². The van der Waals surface area contributed by atoms with Crippen molar-refractivity contribution in [3.05, 3.63) is 0 Å². The van der Waals surface area contributed by atoms with Crippen LogP contribution in [0.15, 0.2) is 0 Å². The van der Waals surface area contributed by atoms with Gasteiger partial charge in [0.05, 0.1) is 337 Å². The van der Waals surface area contributed by atoms with Crippen molar-refractivity contribution in [3.63, 3.8) is 0 Å². The summed E-state index contributed by atoms with van der Waals surface area (Å²) in [7, 11) is -26.2. The van der Waals surface area contributed by atoms with E-state index < -0.39 is 52.9 Å². The van der Waals surface area contributed by atoms with Gasteiger partial charge in [0.25, 0.3) is 0 Å². The lowest BCUT2D eigenvalue weighted by molar-refractivity contribution is -0.0181. The van der Waals surface area contributed by atoms with Gasteiger partial charge >= 0.3 is 46.9 Å². The van der Waals surface area contributed by atoms with Crippen molar-refractivity contribution in [1.29, 1.82) is 0 Å². The Bertz CT molecular complexity index is 2270. The van der Waals surface area contributed by atoms with Gasteiger partial charge in [-0.25, -0.2) is 27.4 Å². The SMILES string of the molecule is CCC(CO)COP(=O)(O)OCCOCCOCCOCCOCCOCCOP(=O)(O)OCCOCCOCCOCCOCCOCCOP(=O)(O)OCCOCCOCCOCCOCCOCCOP(=O)(O)OCCOCCOCCOCCOCCOCCOP(=O)(O)OCC(CC)COP(=O)(O)O. The van der Waals surface area contributed by atoms with E-state index in [4.69, 9.17) is 155 Å². The molecule has 0 bridgehead atoms. The average molecular weight is 1730 g/mol. The van der Waals surface area contributed by atoms with Crippen LogP contribution >= 0.6 is 46.9 Å². The molecule has 0 aliphatic rings. The van der Waals surface area contributed by atoms with E-state index in [1.54, 1.807) is 6.92 Å². The molecule has 0 amide bonds. The standard InChI is InChI=1S/C58H124O45P6/c1-3-57(53-59)54-102-108(69,70)99-51-43-91-35-27-83-19-11-75-9-17-81-25-33-89-41-49-97-106(65,66)95-47-39-87-31-23-79-15-7-73-5-13-77-21-29-85-37-45-93-105(63,64)94-46-38-86-30-22-78-14-6-74-8-16-80-24-32-88-40-48-96-107(67,68)98-50-42-90-34-26-82-18-10-76-12-20-84-28-36-92-44-52-100-109(71,72)103-56-58(4-2)55-101-104(60,61)62/h57-59H,3-56H2,1-2H3,(H,63,64)(H,65,66)(H,67,68)(H,69,70)(H,71,72)(H2,60,61,62). The molecule has 656 valence electrons. The quantitative estimate of drug-likeness (QED) is 0.0319. The van der Waals surface area contributed by atoms with Gasteiger partial charge in [-0.15, -0.1) is 0 Å². The van der Waals surface area contributed by atoms with Gasteiger partial charge in [-0.3, -0.25) is 49.8 Å². The van der Waals surface area contributed by atoms with E-state index in [-0.39, 0.29) is 250 Å². The third-order valence-corrected chi connectivity index (χ3v) is 18.2. The van der Waals surface area contributed by atoms with Crippen molar-refractivity contribution in [3.8, 4) is 0 Å². The summed E-state index contributed by atoms with van der Waals surface area (Å²) in [5, 5.41) is 9.12. The summed E-state index contributed by atoms with van der Waals surface area (Å²) in [6, 6.07) is 0. The van der Waals surface area contributed by atoms with Gasteiger partial charge < -0.3 is 134 Å². The van der Waals surface area contributed by atoms with Gasteiger partial charge in [-0.2, -0.15) is 0 Å². The Morgan fingerprint density at radius 3 is 0.431 bits per heavy atom. The van der Waals surface area contributed by atoms with Crippen LogP contribution in [-0.2, 0) is 172 Å². The number of rotatable bonds is 92. The molecule has 0 saturated heterocycles. The summed E-state index contributed by atoms with van der Waals surface area (Å²) in [5.74, 6) is -0.770. The molecule has 0 spiro atoms. The minimum atomic E-state index is -4.67. The van der Waals surface area contributed by atoms with Crippen LogP contribution in [0.3, 0.4) is 0 Å². The van der Waals surface area contributed by atoms with E-state index in [9.17, 15) is 51.9 Å². The van der Waals surface area contributed by atoms with Crippen LogP contribution < -0.4 is 0 Å². The Labute approximate surface area is 638 Å². The molecule has 45 nitrogen and oxygen atoms in total. The molecule has 0 aromatic carbocycles. The van der Waals surface area contributed by atoms with E-state index in [0.717, 1.165) is 0 Å². The van der Waals surface area contributed by atoms with Crippen LogP contribution in [0.1, 0.15) is 26.7 Å². The molecule has 0 aliphatic carbocycles. The molecule has 0 heterocycles. The number of aliphatic hydroxyl groups excluding tert-OH is 1. The maximum atomic E-state index is 12.1. The van der Waals surface area contributed by atoms with E-state index >= 15 is 0 Å². The highest BCUT2D eigenvalue weighted by molar-refractivity contribution is 7.48. The summed E-state index contributed by atoms with van der Waals surface area (Å²) in [4.78, 5) is 66.5. The van der Waals surface area contributed by atoms with Crippen molar-refractivity contribution in [2.24, 2.45) is 11.8 Å². The molecule has 0 aromatic heterocycles. The van der Waals surface area contributed by atoms with Crippen molar-refractivity contribution in [1.82, 2.24) is 0 Å². The Hall–Kier alpha value is -0.180. The largest absolute Gasteiger partial charge is 0.472 e. The molecule has 109 heavy (non-hydrogen) atoms. The van der Waals surface area contributed by atoms with Gasteiger partial charge in [-0.05, 0) is 12.8 Å². The van der Waals surface area contributed by atoms with Crippen LogP contribution in [0.5, 0.6) is 0 Å². The summed E-state index contributed by atoms with van der Waals surface area (Å²) >= 11 is 0. The zero-order chi connectivity index (χ0) is 80.3. The maximum absolute atomic E-state index is 12.1. The minimum Gasteiger partial charge on any atom is -0.396 e. The second-order valence-electron chi connectivity index (χ2n) is 21.4. The van der Waals surface area contributed by atoms with Gasteiger partial charge in [0.1, 0.15) is 0 Å². The Kier molecular flexibility index (Phi) is 76.4. The molecule has 0 aliphatic heterocycles. The van der Waals surface area contributed by atoms with Crippen molar-refractivity contribution >= 4 is 46.9 Å². The summed E-state index contributed by atoms with van der Waals surface area (Å²) < 4.78 is 231. The summed E-state index contributed by atoms with van der Waals surface area (Å²) in [5.41, 5.74) is 0. The second kappa shape index (κ2) is 76.5. The third kappa shape index (κ3) is 84.1. The molecule has 7 unspecified atom stereocenters. The van der Waals surface area contributed by atoms with Gasteiger partial charge in [0, 0.05) is 18.4 Å². The van der Waals surface area contributed by atoms with E-state index in [1.165, 1.54) is 0 Å². The normalized spacial score (nSPS) is 15.6. The first kappa shape index (κ1) is 109. The smallest absolute Gasteiger partial charge is 0.396 e. The predicted octanol–water partition coefficient (Wildman–Crippen LogP) is 2.14. The minimum absolute atomic E-state index is 0.0111. The zero-order valence-corrected chi connectivity index (χ0v) is 68.1. The number of hydrogen-bond donors (Lipinski definition) is 8. The van der Waals surface area contributed by atoms with Gasteiger partial charge in [-0.1, -0.05) is 13.8 Å². The maximum Gasteiger partial charge on any atom is 0.472 e. The fourth-order valence-electron chi connectivity index (χ4n) is 6.99. The number of phosphoric ester groups is 6. The molecule has 51 heteroatoms. The Morgan fingerprint density at radius 1 is 0.183 bits per heavy atom. The van der Waals surface area contributed by atoms with E-state index in [1.807, 2.05) is 6.92 Å². The summed E-state index contributed by atoms with van der Waals surface area (Å²) in [6.45, 7) is 10.2. The highest BCUT2D eigenvalue weighted by Crippen LogP contribution is 2.46. The van der Waals surface area contributed by atoms with E-state index in [0.29, 0.717) is 112 Å². The monoisotopic (exact) mass is 1730 g/mol. The fraction of sp³-hybridized carbons (Fsp3) is 1.00. The highest BCUT2D eigenvalue weighted by Gasteiger charge is 2.27. The molecule has 0 saturated carbocycles. The zero-order valence-electron chi connectivity index (χ0n) is 62.7. The fourth-order valence-corrected chi connectivity index (χ4v) is 11.0. The first-order valence-corrected chi connectivity index (χ1v) is 44.4. The number of phosphoric acid groups is 6. The first-order chi connectivity index (χ1) is 52.5. The molecule has 7 atom stereocenters. The highest BCUT2D eigenvalue weighted by atomic mass is 31.2. The lowest BCUT2D eigenvalue weighted by Crippen LogP contribution is -2.15. The van der Waals surface area contributed by atoms with Crippen LogP contribution in [0.4, 0.5) is 0 Å². The molecule has 0 rings (SSSR count). The number of ether oxygens (including phenoxy) is 20. The molecule has 0 aromatic rings. The lowest BCUT2D eigenvalue weighted by atomic mass is 10.1. The molecule has 8 N–H and O–H groups in total. The van der Waals surface area contributed by atoms with Crippen LogP contribution in [0, 0.1) is 11.8 Å². The van der Waals surface area contributed by atoms with Crippen LogP contribution in [-0.4, -0.2) is 383 Å². The van der Waals surface area contributed by atoms with E-state index in [2.05, 4.69) is 4.52 Å². The predicted molar refractivity (Wildman–Crippen MR) is 378 cm³/mol. The Morgan fingerprint density at radius 2 is 0.303 bits per heavy atom. The Balaban J connectivity index is 3.43. The van der Waals surface area contributed by atoms with Crippen molar-refractivity contribution < 1.29 is 211 Å². The van der Waals surface area contributed by atoms with Crippen molar-refractivity contribution in [2.45, 2.75) is 26.7 Å². The van der Waals surface area contributed by atoms with Crippen LogP contribution in [0.2, 0.25) is 0 Å². The van der Waals surface area contributed by atoms with Crippen LogP contribution in [0.25, 0.3) is 0 Å². The lowest BCUT2D eigenvalue weighted by Gasteiger charge is -2.18. The number of aliphatic hydroxyl groups is 1. The summed E-state index contributed by atoms with van der Waals surface area (Å²) in [6.07, 6.45) is 0.982. The molecular formula is C58H124O45P6. The molecule has 0 radical (unpaired) electrons. The third-order valence-electron chi connectivity index (χ3n) is 12.6. The molecular weight excluding hydrogens is 1600 g/mol. The molecule has 0 fully saturated rings. The van der Waals surface area contributed by atoms with Gasteiger partial charge in [0.15, 0.2) is 0 Å². The van der Waals surface area contributed by atoms with Crippen molar-refractivity contribution in [2.75, 3.05) is 344 Å². The number of hydrogen-bond acceptors (Lipinski definition) is 38. The first-order valence-electron chi connectivity index (χ1n) is 35.4.